The van der Waals surface area contributed by atoms with Crippen molar-refractivity contribution in [2.45, 2.75) is 20.3 Å². The maximum atomic E-state index is 12.5. The Balaban J connectivity index is 1.87. The number of anilines is 1. The summed E-state index contributed by atoms with van der Waals surface area (Å²) in [5, 5.41) is 4.41. The predicted octanol–water partition coefficient (Wildman–Crippen LogP) is 3.81. The number of aryl methyl sites for hydroxylation is 1. The Bertz CT molecular complexity index is 1020. The fourth-order valence-corrected chi connectivity index (χ4v) is 3.29. The normalized spacial score (nSPS) is 10.6. The van der Waals surface area contributed by atoms with E-state index >= 15 is 0 Å². The lowest BCUT2D eigenvalue weighted by molar-refractivity contribution is -0.344. The van der Waals surface area contributed by atoms with Gasteiger partial charge in [-0.1, -0.05) is 12.1 Å². The van der Waals surface area contributed by atoms with Gasteiger partial charge >= 0.3 is 5.97 Å². The van der Waals surface area contributed by atoms with Gasteiger partial charge in [0.2, 0.25) is 5.52 Å². The van der Waals surface area contributed by atoms with E-state index in [9.17, 15) is 4.79 Å². The summed E-state index contributed by atoms with van der Waals surface area (Å²) >= 11 is 0. The lowest BCUT2D eigenvalue weighted by Gasteiger charge is -2.13. The zero-order valence-corrected chi connectivity index (χ0v) is 17.3. The Morgan fingerprint density at radius 1 is 1.07 bits per heavy atom. The minimum atomic E-state index is -0.347. The number of esters is 1. The highest BCUT2D eigenvalue weighted by atomic mass is 16.5. The molecule has 0 saturated heterocycles. The van der Waals surface area contributed by atoms with Crippen LogP contribution in [0.2, 0.25) is 0 Å². The third-order valence-corrected chi connectivity index (χ3v) is 4.74. The monoisotopic (exact) mass is 395 g/mol. The van der Waals surface area contributed by atoms with Gasteiger partial charge in [0.25, 0.3) is 0 Å². The first-order chi connectivity index (χ1) is 14.1. The van der Waals surface area contributed by atoms with Crippen molar-refractivity contribution in [3.8, 4) is 11.5 Å². The van der Waals surface area contributed by atoms with Crippen molar-refractivity contribution in [1.82, 2.24) is 0 Å². The molecule has 3 rings (SSSR count). The van der Waals surface area contributed by atoms with Crippen molar-refractivity contribution in [2.24, 2.45) is 0 Å². The number of nitrogens with one attached hydrogen (secondary N) is 2. The standard InChI is InChI=1S/C23H26N2O4/c1-5-29-23(26)18-14-25-19-8-6-15(2)12-17(19)22(18)24-11-10-16-7-9-20(27-3)21(13-16)28-4/h6-9,12-14H,5,10-11H2,1-4H3,(H,24,25)/p+1. The van der Waals surface area contributed by atoms with E-state index in [2.05, 4.69) is 16.4 Å². The molecule has 0 atom stereocenters. The van der Waals surface area contributed by atoms with Gasteiger partial charge in [-0.3, -0.25) is 0 Å². The molecule has 1 heterocycles. The van der Waals surface area contributed by atoms with E-state index in [4.69, 9.17) is 14.2 Å². The van der Waals surface area contributed by atoms with Crippen molar-refractivity contribution in [1.29, 1.82) is 0 Å². The molecule has 0 saturated carbocycles. The van der Waals surface area contributed by atoms with Crippen LogP contribution in [0.25, 0.3) is 10.9 Å². The van der Waals surface area contributed by atoms with E-state index in [-0.39, 0.29) is 5.97 Å². The molecular weight excluding hydrogens is 368 g/mol. The van der Waals surface area contributed by atoms with Crippen LogP contribution in [0.3, 0.4) is 0 Å². The van der Waals surface area contributed by atoms with Gasteiger partial charge in [0.1, 0.15) is 5.56 Å². The maximum absolute atomic E-state index is 12.5. The number of fused-ring (bicyclic) bond motifs is 1. The largest absolute Gasteiger partial charge is 0.493 e. The number of pyridine rings is 1. The molecule has 2 N–H and O–H groups in total. The topological polar surface area (TPSA) is 70.9 Å². The molecule has 6 nitrogen and oxygen atoms in total. The number of methoxy groups -OCH3 is 2. The van der Waals surface area contributed by atoms with Gasteiger partial charge in [0.05, 0.1) is 31.9 Å². The zero-order chi connectivity index (χ0) is 20.8. The van der Waals surface area contributed by atoms with Crippen LogP contribution in [-0.4, -0.2) is 33.3 Å². The lowest BCUT2D eigenvalue weighted by atomic mass is 10.1. The van der Waals surface area contributed by atoms with Crippen molar-refractivity contribution in [3.63, 3.8) is 0 Å². The number of benzene rings is 2. The first-order valence-electron chi connectivity index (χ1n) is 9.64. The number of ether oxygens (including phenoxy) is 3. The van der Waals surface area contributed by atoms with Gasteiger partial charge in [0, 0.05) is 12.6 Å². The highest BCUT2D eigenvalue weighted by Crippen LogP contribution is 2.29. The fraction of sp³-hybridized carbons (Fsp3) is 0.304. The predicted molar refractivity (Wildman–Crippen MR) is 113 cm³/mol. The number of rotatable bonds is 8. The summed E-state index contributed by atoms with van der Waals surface area (Å²) in [6.07, 6.45) is 2.46. The summed E-state index contributed by atoms with van der Waals surface area (Å²) in [5.41, 5.74) is 4.46. The quantitative estimate of drug-likeness (QED) is 0.587. The third-order valence-electron chi connectivity index (χ3n) is 4.74. The number of hydrogen-bond donors (Lipinski definition) is 1. The molecular formula is C23H27N2O4+. The van der Waals surface area contributed by atoms with Crippen LogP contribution < -0.4 is 19.8 Å². The lowest BCUT2D eigenvalue weighted by Crippen LogP contribution is -2.17. The Hall–Kier alpha value is -3.28. The summed E-state index contributed by atoms with van der Waals surface area (Å²) in [7, 11) is 3.25. The van der Waals surface area contributed by atoms with Crippen molar-refractivity contribution in [2.75, 3.05) is 32.7 Å². The first kappa shape index (κ1) is 20.5. The van der Waals surface area contributed by atoms with Gasteiger partial charge in [-0.05, 0) is 49.6 Å². The molecule has 0 radical (unpaired) electrons. The molecule has 0 bridgehead atoms. The number of carbonyl (C=O) groups is 1. The molecule has 152 valence electrons. The second-order valence-corrected chi connectivity index (χ2v) is 6.71. The number of carbonyl (C=O) groups excluding carboxylic acids is 1. The van der Waals surface area contributed by atoms with Crippen molar-refractivity contribution in [3.05, 3.63) is 59.3 Å². The molecule has 29 heavy (non-hydrogen) atoms. The zero-order valence-electron chi connectivity index (χ0n) is 17.3. The van der Waals surface area contributed by atoms with E-state index in [0.717, 1.165) is 34.1 Å². The number of hydrogen-bond acceptors (Lipinski definition) is 5. The summed E-state index contributed by atoms with van der Waals surface area (Å²) < 4.78 is 15.9. The molecule has 0 spiro atoms. The molecule has 0 fully saturated rings. The number of aromatic amines is 1. The van der Waals surface area contributed by atoms with Crippen LogP contribution in [0, 0.1) is 6.92 Å². The van der Waals surface area contributed by atoms with E-state index < -0.39 is 0 Å². The van der Waals surface area contributed by atoms with E-state index in [1.807, 2.05) is 37.3 Å². The van der Waals surface area contributed by atoms with Crippen molar-refractivity contribution >= 4 is 22.6 Å². The molecule has 0 unspecified atom stereocenters. The molecule has 6 heteroatoms. The molecule has 2 aromatic carbocycles. The molecule has 0 aliphatic heterocycles. The van der Waals surface area contributed by atoms with E-state index in [1.54, 1.807) is 27.3 Å². The van der Waals surface area contributed by atoms with Crippen LogP contribution >= 0.6 is 0 Å². The Kier molecular flexibility index (Phi) is 6.54. The third kappa shape index (κ3) is 4.59. The number of aromatic nitrogens is 1. The molecule has 0 aliphatic rings. The Morgan fingerprint density at radius 2 is 1.86 bits per heavy atom. The highest BCUT2D eigenvalue weighted by Gasteiger charge is 2.20. The minimum absolute atomic E-state index is 0.329. The van der Waals surface area contributed by atoms with Gasteiger partial charge in [-0.2, -0.15) is 0 Å². The average Bonchev–Trinajstić information content (AvgIpc) is 2.73. The Morgan fingerprint density at radius 3 is 2.59 bits per heavy atom. The van der Waals surface area contributed by atoms with Crippen LogP contribution in [0.1, 0.15) is 28.4 Å². The van der Waals surface area contributed by atoms with Crippen LogP contribution in [0.4, 0.5) is 5.69 Å². The van der Waals surface area contributed by atoms with Gasteiger partial charge in [-0.15, -0.1) is 0 Å². The average molecular weight is 395 g/mol. The SMILES string of the molecule is CCOC(=O)c1c[nH+]c2ccc(C)cc2c1NCCc1ccc(OC)c(OC)c1. The second kappa shape index (κ2) is 9.28. The summed E-state index contributed by atoms with van der Waals surface area (Å²) in [4.78, 5) is 15.7. The van der Waals surface area contributed by atoms with Gasteiger partial charge in [0.15, 0.2) is 17.7 Å². The summed E-state index contributed by atoms with van der Waals surface area (Å²) in [5.74, 6) is 1.06. The molecule has 3 aromatic rings. The van der Waals surface area contributed by atoms with E-state index in [0.29, 0.717) is 30.2 Å². The molecule has 1 aromatic heterocycles. The summed E-state index contributed by atoms with van der Waals surface area (Å²) in [6, 6.07) is 12.0. The molecule has 0 aliphatic carbocycles. The van der Waals surface area contributed by atoms with Gasteiger partial charge < -0.3 is 19.5 Å². The van der Waals surface area contributed by atoms with Crippen LogP contribution in [0.15, 0.2) is 42.6 Å². The first-order valence-corrected chi connectivity index (χ1v) is 9.64. The highest BCUT2D eigenvalue weighted by molar-refractivity contribution is 6.03. The maximum Gasteiger partial charge on any atom is 0.346 e. The van der Waals surface area contributed by atoms with Crippen LogP contribution in [0.5, 0.6) is 11.5 Å². The van der Waals surface area contributed by atoms with Crippen LogP contribution in [-0.2, 0) is 11.2 Å². The van der Waals surface area contributed by atoms with Crippen molar-refractivity contribution < 1.29 is 24.0 Å². The Labute approximate surface area is 170 Å². The molecule has 0 amide bonds. The van der Waals surface area contributed by atoms with E-state index in [1.165, 1.54) is 0 Å². The fourth-order valence-electron chi connectivity index (χ4n) is 3.29. The second-order valence-electron chi connectivity index (χ2n) is 6.71. The minimum Gasteiger partial charge on any atom is -0.493 e. The smallest absolute Gasteiger partial charge is 0.346 e. The van der Waals surface area contributed by atoms with Gasteiger partial charge in [-0.25, -0.2) is 9.78 Å². The number of H-pyrrole nitrogens is 1. The summed E-state index contributed by atoms with van der Waals surface area (Å²) in [6.45, 7) is 4.81.